The zero-order valence-corrected chi connectivity index (χ0v) is 20.4. The molecule has 1 rings (SSSR count). The summed E-state index contributed by atoms with van der Waals surface area (Å²) >= 11 is 0.855. The van der Waals surface area contributed by atoms with Crippen LogP contribution in [0.2, 0.25) is 0 Å². The van der Waals surface area contributed by atoms with Crippen molar-refractivity contribution in [2.24, 2.45) is 11.7 Å². The average molecular weight is 496 g/mol. The number of carbonyl (C=O) groups is 5. The summed E-state index contributed by atoms with van der Waals surface area (Å²) in [7, 11) is 0. The molecule has 0 spiro atoms. The van der Waals surface area contributed by atoms with E-state index in [-0.39, 0.29) is 23.7 Å². The lowest BCUT2D eigenvalue weighted by Crippen LogP contribution is -2.49. The molecule has 188 valence electrons. The first-order chi connectivity index (χ1) is 15.9. The Bertz CT molecular complexity index is 874. The summed E-state index contributed by atoms with van der Waals surface area (Å²) in [5, 5.41) is 22.0. The molecule has 1 aromatic carbocycles. The van der Waals surface area contributed by atoms with Gasteiger partial charge in [-0.3, -0.25) is 24.0 Å². The van der Waals surface area contributed by atoms with Crippen molar-refractivity contribution >= 4 is 40.6 Å². The number of benzene rings is 1. The van der Waals surface area contributed by atoms with Crippen molar-refractivity contribution in [1.82, 2.24) is 10.6 Å². The number of nitrogens with one attached hydrogen (secondary N) is 2. The zero-order valence-electron chi connectivity index (χ0n) is 19.6. The van der Waals surface area contributed by atoms with Gasteiger partial charge in [0.2, 0.25) is 11.8 Å². The van der Waals surface area contributed by atoms with Gasteiger partial charge in [-0.25, -0.2) is 0 Å². The third kappa shape index (κ3) is 10.8. The summed E-state index contributed by atoms with van der Waals surface area (Å²) in [6, 6.07) is 5.34. The number of aliphatic carboxylic acids is 2. The van der Waals surface area contributed by atoms with Crippen LogP contribution in [0, 0.1) is 5.92 Å². The smallest absolute Gasteiger partial charge is 0.322 e. The summed E-state index contributed by atoms with van der Waals surface area (Å²) in [4.78, 5) is 58.8. The van der Waals surface area contributed by atoms with E-state index in [0.29, 0.717) is 5.92 Å². The van der Waals surface area contributed by atoms with Crippen LogP contribution in [0.5, 0.6) is 0 Å². The number of amides is 2. The van der Waals surface area contributed by atoms with E-state index in [4.69, 9.17) is 15.9 Å². The molecule has 2 amide bonds. The lowest BCUT2D eigenvalue weighted by molar-refractivity contribution is -0.139. The van der Waals surface area contributed by atoms with Crippen molar-refractivity contribution in [2.75, 3.05) is 12.3 Å². The molecule has 34 heavy (non-hydrogen) atoms. The van der Waals surface area contributed by atoms with Gasteiger partial charge in [0.05, 0.1) is 5.92 Å². The summed E-state index contributed by atoms with van der Waals surface area (Å²) in [5.74, 6) is -3.96. The highest BCUT2D eigenvalue weighted by Gasteiger charge is 2.25. The molecule has 0 saturated carbocycles. The van der Waals surface area contributed by atoms with E-state index in [1.807, 2.05) is 24.3 Å². The second-order valence-electron chi connectivity index (χ2n) is 8.41. The van der Waals surface area contributed by atoms with Gasteiger partial charge in [0.25, 0.3) is 0 Å². The van der Waals surface area contributed by atoms with Crippen LogP contribution in [0.4, 0.5) is 0 Å². The van der Waals surface area contributed by atoms with Gasteiger partial charge in [-0.05, 0) is 29.9 Å². The van der Waals surface area contributed by atoms with Crippen molar-refractivity contribution in [3.63, 3.8) is 0 Å². The van der Waals surface area contributed by atoms with E-state index in [1.165, 1.54) is 5.56 Å². The SMILES string of the molecule is CC(C)Cc1ccc(C(C)C(=O)SC[C@H](NC(=O)CC[C@H](N)C(=O)O)C(=O)NCC(=O)O)cc1. The van der Waals surface area contributed by atoms with Crippen LogP contribution in [0.15, 0.2) is 24.3 Å². The Balaban J connectivity index is 2.76. The van der Waals surface area contributed by atoms with Crippen molar-refractivity contribution in [1.29, 1.82) is 0 Å². The lowest BCUT2D eigenvalue weighted by atomic mass is 9.97. The largest absolute Gasteiger partial charge is 0.480 e. The number of carboxylic acid groups (broad SMARTS) is 2. The van der Waals surface area contributed by atoms with E-state index in [1.54, 1.807) is 6.92 Å². The first-order valence-corrected chi connectivity index (χ1v) is 11.9. The van der Waals surface area contributed by atoms with E-state index >= 15 is 0 Å². The van der Waals surface area contributed by atoms with Gasteiger partial charge in [0.1, 0.15) is 18.6 Å². The maximum absolute atomic E-state index is 12.7. The second-order valence-corrected chi connectivity index (χ2v) is 9.43. The number of rotatable bonds is 14. The van der Waals surface area contributed by atoms with Crippen LogP contribution in [0.25, 0.3) is 0 Å². The number of thioether (sulfide) groups is 1. The van der Waals surface area contributed by atoms with Gasteiger partial charge in [-0.2, -0.15) is 0 Å². The lowest BCUT2D eigenvalue weighted by Gasteiger charge is -2.19. The summed E-state index contributed by atoms with van der Waals surface area (Å²) in [6.45, 7) is 5.35. The molecule has 0 saturated heterocycles. The molecule has 1 unspecified atom stereocenters. The Labute approximate surface area is 203 Å². The minimum absolute atomic E-state index is 0.114. The monoisotopic (exact) mass is 495 g/mol. The number of nitrogens with two attached hydrogens (primary N) is 1. The number of carbonyl (C=O) groups excluding carboxylic acids is 3. The average Bonchev–Trinajstić information content (AvgIpc) is 2.77. The van der Waals surface area contributed by atoms with Crippen LogP contribution in [-0.4, -0.2) is 63.5 Å². The van der Waals surface area contributed by atoms with Crippen molar-refractivity contribution in [3.05, 3.63) is 35.4 Å². The summed E-state index contributed by atoms with van der Waals surface area (Å²) in [6.07, 6.45) is 0.552. The van der Waals surface area contributed by atoms with E-state index in [0.717, 1.165) is 23.7 Å². The fraction of sp³-hybridized carbons (Fsp3) is 0.522. The molecule has 3 atom stereocenters. The van der Waals surface area contributed by atoms with Gasteiger partial charge < -0.3 is 26.6 Å². The van der Waals surface area contributed by atoms with Gasteiger partial charge in [-0.1, -0.05) is 56.8 Å². The maximum atomic E-state index is 12.7. The molecule has 0 radical (unpaired) electrons. The van der Waals surface area contributed by atoms with E-state index in [9.17, 15) is 24.0 Å². The van der Waals surface area contributed by atoms with Crippen molar-refractivity contribution in [2.45, 2.75) is 58.0 Å². The third-order valence-electron chi connectivity index (χ3n) is 4.93. The quantitative estimate of drug-likeness (QED) is 0.253. The molecular weight excluding hydrogens is 462 g/mol. The zero-order chi connectivity index (χ0) is 25.8. The number of carboxylic acids is 2. The van der Waals surface area contributed by atoms with Crippen molar-refractivity contribution < 1.29 is 34.2 Å². The highest BCUT2D eigenvalue weighted by molar-refractivity contribution is 8.13. The Kier molecular flexibility index (Phi) is 12.3. The standard InChI is InChI=1S/C23H33N3O7S/c1-13(2)10-15-4-6-16(7-5-15)14(3)23(33)34-12-18(21(30)25-11-20(28)29)26-19(27)9-8-17(24)22(31)32/h4-7,13-14,17-18H,8-12,24H2,1-3H3,(H,25,30)(H,26,27)(H,28,29)(H,31,32)/t14?,17-,18-/m0/s1. The molecule has 6 N–H and O–H groups in total. The Morgan fingerprint density at radius 2 is 1.65 bits per heavy atom. The van der Waals surface area contributed by atoms with Crippen molar-refractivity contribution in [3.8, 4) is 0 Å². The number of hydrogen-bond acceptors (Lipinski definition) is 7. The van der Waals surface area contributed by atoms with Gasteiger partial charge in [-0.15, -0.1) is 0 Å². The molecule has 0 aliphatic heterocycles. The summed E-state index contributed by atoms with van der Waals surface area (Å²) < 4.78 is 0. The fourth-order valence-corrected chi connectivity index (χ4v) is 3.94. The first kappa shape index (κ1) is 29.1. The Hall–Kier alpha value is -2.92. The third-order valence-corrected chi connectivity index (χ3v) is 6.07. The van der Waals surface area contributed by atoms with Crippen LogP contribution in [0.1, 0.15) is 50.7 Å². The Morgan fingerprint density at radius 3 is 2.18 bits per heavy atom. The minimum Gasteiger partial charge on any atom is -0.480 e. The highest BCUT2D eigenvalue weighted by Crippen LogP contribution is 2.24. The van der Waals surface area contributed by atoms with Gasteiger partial charge >= 0.3 is 11.9 Å². The molecule has 0 fully saturated rings. The van der Waals surface area contributed by atoms with E-state index < -0.39 is 48.3 Å². The molecule has 0 bridgehead atoms. The predicted octanol–water partition coefficient (Wildman–Crippen LogP) is 1.13. The van der Waals surface area contributed by atoms with Crippen LogP contribution in [-0.2, 0) is 30.4 Å². The molecule has 0 heterocycles. The maximum Gasteiger partial charge on any atom is 0.322 e. The highest BCUT2D eigenvalue weighted by atomic mass is 32.2. The number of hydrogen-bond donors (Lipinski definition) is 5. The second kappa shape index (κ2) is 14.4. The Morgan fingerprint density at radius 1 is 1.03 bits per heavy atom. The molecule has 0 aliphatic carbocycles. The van der Waals surface area contributed by atoms with Gasteiger partial charge in [0, 0.05) is 12.2 Å². The van der Waals surface area contributed by atoms with Gasteiger partial charge in [0.15, 0.2) is 5.12 Å². The minimum atomic E-state index is -1.26. The molecule has 0 aliphatic rings. The molecule has 11 heteroatoms. The molecule has 10 nitrogen and oxygen atoms in total. The fourth-order valence-electron chi connectivity index (χ4n) is 2.99. The molecule has 1 aromatic rings. The molecule has 0 aromatic heterocycles. The topological polar surface area (TPSA) is 176 Å². The predicted molar refractivity (Wildman–Crippen MR) is 128 cm³/mol. The summed E-state index contributed by atoms with van der Waals surface area (Å²) in [5.41, 5.74) is 7.38. The van der Waals surface area contributed by atoms with Crippen LogP contribution >= 0.6 is 11.8 Å². The molecular formula is C23H33N3O7S. The normalized spacial score (nSPS) is 13.6. The van der Waals surface area contributed by atoms with Crippen LogP contribution in [0.3, 0.4) is 0 Å². The van der Waals surface area contributed by atoms with Crippen LogP contribution < -0.4 is 16.4 Å². The van der Waals surface area contributed by atoms with E-state index in [2.05, 4.69) is 24.5 Å². The first-order valence-electron chi connectivity index (χ1n) is 10.9.